The van der Waals surface area contributed by atoms with Crippen LogP contribution in [0.3, 0.4) is 0 Å². The molecule has 0 aliphatic carbocycles. The Hall–Kier alpha value is -2.16. The molecule has 0 spiro atoms. The lowest BCUT2D eigenvalue weighted by atomic mass is 10.2. The number of aromatic nitrogens is 1. The summed E-state index contributed by atoms with van der Waals surface area (Å²) < 4.78 is 5.48. The highest BCUT2D eigenvalue weighted by molar-refractivity contribution is 5.15. The molecule has 0 bridgehead atoms. The fourth-order valence-electron chi connectivity index (χ4n) is 1.16. The number of nitrogens with zero attached hydrogens (tertiary/aromatic N) is 1. The van der Waals surface area contributed by atoms with Crippen LogP contribution in [0.15, 0.2) is 54.7 Å². The van der Waals surface area contributed by atoms with Gasteiger partial charge in [-0.15, -0.1) is 0 Å². The molecular weight excluding hydrogens is 202 g/mol. The van der Waals surface area contributed by atoms with Gasteiger partial charge in [0, 0.05) is 12.3 Å². The zero-order valence-electron chi connectivity index (χ0n) is 8.87. The predicted molar refractivity (Wildman–Crippen MR) is 62.1 cm³/mol. The topological polar surface area (TPSA) is 39.2 Å². The van der Waals surface area contributed by atoms with E-state index in [1.165, 1.54) is 0 Å². The van der Waals surface area contributed by atoms with E-state index in [2.05, 4.69) is 4.98 Å². The highest BCUT2D eigenvalue weighted by Gasteiger charge is 1.93. The molecule has 1 aromatic carbocycles. The van der Waals surface area contributed by atoms with Crippen molar-refractivity contribution in [1.29, 1.82) is 0 Å². The maximum absolute atomic E-state index is 8.00. The first kappa shape index (κ1) is 11.9. The number of benzene rings is 1. The van der Waals surface area contributed by atoms with Crippen LogP contribution in [-0.4, -0.2) is 11.8 Å². The smallest absolute Gasteiger partial charge is 0.213 e. The van der Waals surface area contributed by atoms with Crippen molar-refractivity contribution in [2.24, 2.45) is 0 Å². The van der Waals surface area contributed by atoms with E-state index in [0.717, 1.165) is 5.56 Å². The van der Waals surface area contributed by atoms with Gasteiger partial charge in [-0.05, 0) is 11.6 Å². The van der Waals surface area contributed by atoms with Gasteiger partial charge in [0.1, 0.15) is 13.4 Å². The molecule has 0 aliphatic heterocycles. The Bertz CT molecular complexity index is 350. The molecule has 0 unspecified atom stereocenters. The van der Waals surface area contributed by atoms with E-state index >= 15 is 0 Å². The average molecular weight is 215 g/mol. The summed E-state index contributed by atoms with van der Waals surface area (Å²) in [5, 5.41) is 0. The number of carbonyl (C=O) groups excluding carboxylic acids is 1. The third-order valence-electron chi connectivity index (χ3n) is 1.87. The fraction of sp³-hybridized carbons (Fsp3) is 0.0769. The Kier molecular flexibility index (Phi) is 5.34. The monoisotopic (exact) mass is 215 g/mol. The van der Waals surface area contributed by atoms with Gasteiger partial charge < -0.3 is 9.53 Å². The summed E-state index contributed by atoms with van der Waals surface area (Å²) >= 11 is 0. The molecule has 0 amide bonds. The molecule has 16 heavy (non-hydrogen) atoms. The Balaban J connectivity index is 0.000000606. The van der Waals surface area contributed by atoms with Gasteiger partial charge in [0.05, 0.1) is 0 Å². The molecule has 1 heterocycles. The Morgan fingerprint density at radius 3 is 2.31 bits per heavy atom. The van der Waals surface area contributed by atoms with Gasteiger partial charge in [0.2, 0.25) is 5.88 Å². The van der Waals surface area contributed by atoms with Crippen molar-refractivity contribution in [1.82, 2.24) is 4.98 Å². The van der Waals surface area contributed by atoms with Crippen molar-refractivity contribution in [3.8, 4) is 5.88 Å². The van der Waals surface area contributed by atoms with Crippen LogP contribution in [0.1, 0.15) is 5.56 Å². The van der Waals surface area contributed by atoms with Crippen molar-refractivity contribution in [2.45, 2.75) is 6.61 Å². The van der Waals surface area contributed by atoms with Crippen LogP contribution < -0.4 is 4.74 Å². The van der Waals surface area contributed by atoms with Crippen LogP contribution >= 0.6 is 0 Å². The van der Waals surface area contributed by atoms with Crippen LogP contribution in [-0.2, 0) is 11.4 Å². The average Bonchev–Trinajstić information content (AvgIpc) is 2.41. The van der Waals surface area contributed by atoms with Crippen LogP contribution in [0.25, 0.3) is 0 Å². The molecule has 0 atom stereocenters. The third kappa shape index (κ3) is 3.92. The minimum Gasteiger partial charge on any atom is -0.473 e. The number of pyridine rings is 1. The molecule has 2 aromatic rings. The van der Waals surface area contributed by atoms with Gasteiger partial charge in [0.15, 0.2) is 0 Å². The molecule has 0 saturated heterocycles. The first-order chi connectivity index (χ1) is 7.95. The van der Waals surface area contributed by atoms with Crippen LogP contribution in [0.4, 0.5) is 0 Å². The second-order valence-electron chi connectivity index (χ2n) is 2.94. The van der Waals surface area contributed by atoms with Gasteiger partial charge in [-0.1, -0.05) is 36.4 Å². The summed E-state index contributed by atoms with van der Waals surface area (Å²) in [7, 11) is 0. The molecule has 3 heteroatoms. The van der Waals surface area contributed by atoms with Crippen molar-refractivity contribution >= 4 is 6.79 Å². The number of ether oxygens (including phenoxy) is 1. The van der Waals surface area contributed by atoms with Crippen molar-refractivity contribution in [3.05, 3.63) is 60.3 Å². The molecule has 0 aliphatic rings. The number of carbonyl (C=O) groups is 1. The zero-order valence-corrected chi connectivity index (χ0v) is 8.87. The largest absolute Gasteiger partial charge is 0.473 e. The van der Waals surface area contributed by atoms with Gasteiger partial charge in [0.25, 0.3) is 0 Å². The standard InChI is InChI=1S/C12H11NO.CH2O/c1-2-6-11(7-3-1)10-14-12-8-4-5-9-13-12;1-2/h1-9H,10H2;1H2. The Labute approximate surface area is 94.7 Å². The lowest BCUT2D eigenvalue weighted by Crippen LogP contribution is -1.95. The third-order valence-corrected chi connectivity index (χ3v) is 1.87. The minimum atomic E-state index is 0.567. The first-order valence-electron chi connectivity index (χ1n) is 4.82. The molecule has 1 aromatic heterocycles. The van der Waals surface area contributed by atoms with Gasteiger partial charge in [-0.25, -0.2) is 4.98 Å². The van der Waals surface area contributed by atoms with E-state index in [4.69, 9.17) is 9.53 Å². The summed E-state index contributed by atoms with van der Waals surface area (Å²) in [5.74, 6) is 0.663. The molecule has 2 rings (SSSR count). The highest BCUT2D eigenvalue weighted by atomic mass is 16.5. The van der Waals surface area contributed by atoms with Crippen LogP contribution in [0.5, 0.6) is 5.88 Å². The van der Waals surface area contributed by atoms with Crippen LogP contribution in [0.2, 0.25) is 0 Å². The quantitative estimate of drug-likeness (QED) is 0.789. The molecular formula is C13H13NO2. The minimum absolute atomic E-state index is 0.567. The van der Waals surface area contributed by atoms with Crippen molar-refractivity contribution in [3.63, 3.8) is 0 Å². The summed E-state index contributed by atoms with van der Waals surface area (Å²) in [5.41, 5.74) is 1.15. The van der Waals surface area contributed by atoms with Gasteiger partial charge in [-0.2, -0.15) is 0 Å². The molecule has 0 radical (unpaired) electrons. The Morgan fingerprint density at radius 2 is 1.69 bits per heavy atom. The fourth-order valence-corrected chi connectivity index (χ4v) is 1.16. The molecule has 0 saturated carbocycles. The second kappa shape index (κ2) is 7.17. The lowest BCUT2D eigenvalue weighted by molar-refractivity contribution is -0.0979. The summed E-state index contributed by atoms with van der Waals surface area (Å²) in [6.07, 6.45) is 1.72. The van der Waals surface area contributed by atoms with E-state index in [-0.39, 0.29) is 0 Å². The van der Waals surface area contributed by atoms with E-state index in [1.54, 1.807) is 6.20 Å². The summed E-state index contributed by atoms with van der Waals surface area (Å²) in [6, 6.07) is 15.7. The molecule has 3 nitrogen and oxygen atoms in total. The molecule has 82 valence electrons. The van der Waals surface area contributed by atoms with Crippen molar-refractivity contribution in [2.75, 3.05) is 0 Å². The SMILES string of the molecule is C=O.c1ccc(COc2ccccn2)cc1. The first-order valence-corrected chi connectivity index (χ1v) is 4.82. The molecule has 0 fully saturated rings. The van der Waals surface area contributed by atoms with E-state index in [0.29, 0.717) is 12.5 Å². The van der Waals surface area contributed by atoms with Crippen molar-refractivity contribution < 1.29 is 9.53 Å². The number of rotatable bonds is 3. The molecule has 0 N–H and O–H groups in total. The predicted octanol–water partition coefficient (Wildman–Crippen LogP) is 2.48. The van der Waals surface area contributed by atoms with Crippen LogP contribution in [0, 0.1) is 0 Å². The lowest BCUT2D eigenvalue weighted by Gasteiger charge is -2.03. The normalized spacial score (nSPS) is 8.75. The summed E-state index contributed by atoms with van der Waals surface area (Å²) in [4.78, 5) is 12.1. The van der Waals surface area contributed by atoms with E-state index < -0.39 is 0 Å². The number of hydrogen-bond donors (Lipinski definition) is 0. The highest BCUT2D eigenvalue weighted by Crippen LogP contribution is 2.07. The van der Waals surface area contributed by atoms with E-state index in [1.807, 2.05) is 55.3 Å². The van der Waals surface area contributed by atoms with Gasteiger partial charge in [-0.3, -0.25) is 0 Å². The second-order valence-corrected chi connectivity index (χ2v) is 2.94. The Morgan fingerprint density at radius 1 is 1.00 bits per heavy atom. The maximum atomic E-state index is 8.00. The zero-order chi connectivity index (χ0) is 11.6. The van der Waals surface area contributed by atoms with Gasteiger partial charge >= 0.3 is 0 Å². The maximum Gasteiger partial charge on any atom is 0.213 e. The summed E-state index contributed by atoms with van der Waals surface area (Å²) in [6.45, 7) is 2.57. The number of hydrogen-bond acceptors (Lipinski definition) is 3. The van der Waals surface area contributed by atoms with E-state index in [9.17, 15) is 0 Å².